The summed E-state index contributed by atoms with van der Waals surface area (Å²) >= 11 is 0. The molecule has 1 saturated carbocycles. The summed E-state index contributed by atoms with van der Waals surface area (Å²) in [5, 5.41) is 18.2. The van der Waals surface area contributed by atoms with Crippen molar-refractivity contribution in [3.05, 3.63) is 59.9 Å². The Hall–Kier alpha value is -3.18. The molecule has 1 aliphatic carbocycles. The first-order valence-corrected chi connectivity index (χ1v) is 12.7. The van der Waals surface area contributed by atoms with Gasteiger partial charge in [-0.25, -0.2) is 17.5 Å². The van der Waals surface area contributed by atoms with Gasteiger partial charge in [0, 0.05) is 23.2 Å². The summed E-state index contributed by atoms with van der Waals surface area (Å²) in [5.41, 5.74) is 2.99. The van der Waals surface area contributed by atoms with Gasteiger partial charge in [0.25, 0.3) is 0 Å². The highest BCUT2D eigenvalue weighted by Gasteiger charge is 2.57. The van der Waals surface area contributed by atoms with Crippen LogP contribution < -0.4 is 0 Å². The van der Waals surface area contributed by atoms with Crippen LogP contribution in [0, 0.1) is 29.1 Å². The van der Waals surface area contributed by atoms with E-state index in [9.17, 15) is 23.6 Å². The molecule has 1 saturated heterocycles. The number of hydrogen-bond donors (Lipinski definition) is 1. The zero-order valence-corrected chi connectivity index (χ0v) is 19.4. The number of allylic oxidation sites excluding steroid dienone is 1. The average molecular weight is 466 g/mol. The normalized spacial score (nSPS) is 28.4. The Labute approximate surface area is 194 Å². The van der Waals surface area contributed by atoms with Crippen LogP contribution in [0.5, 0.6) is 0 Å². The predicted octanol–water partition coefficient (Wildman–Crippen LogP) is 4.77. The SMILES string of the molecule is CCC1CCC2C(C1/C=C/c1ccc(-c3ccccc3C#N)cn1)C(C)N(C(=O)O)S2(=O)=O. The number of hydrogen-bond acceptors (Lipinski definition) is 5. The average Bonchev–Trinajstić information content (AvgIpc) is 3.02. The van der Waals surface area contributed by atoms with Gasteiger partial charge in [0.15, 0.2) is 0 Å². The van der Waals surface area contributed by atoms with Crippen molar-refractivity contribution in [2.45, 2.75) is 44.4 Å². The molecule has 1 amide bonds. The molecule has 7 nitrogen and oxygen atoms in total. The highest BCUT2D eigenvalue weighted by molar-refractivity contribution is 7.90. The fraction of sp³-hybridized carbons (Fsp3) is 0.400. The van der Waals surface area contributed by atoms with Gasteiger partial charge in [0.1, 0.15) is 0 Å². The summed E-state index contributed by atoms with van der Waals surface area (Å²) in [6.07, 6.45) is 6.40. The molecule has 5 atom stereocenters. The van der Waals surface area contributed by atoms with Crippen LogP contribution in [0.25, 0.3) is 17.2 Å². The van der Waals surface area contributed by atoms with Crippen LogP contribution in [0.4, 0.5) is 4.79 Å². The second-order valence-corrected chi connectivity index (χ2v) is 10.8. The highest BCUT2D eigenvalue weighted by Crippen LogP contribution is 2.49. The topological polar surface area (TPSA) is 111 Å². The Bertz CT molecular complexity index is 1220. The summed E-state index contributed by atoms with van der Waals surface area (Å²) in [7, 11) is -3.87. The van der Waals surface area contributed by atoms with E-state index in [-0.39, 0.29) is 17.8 Å². The first kappa shape index (κ1) is 23.0. The number of pyridine rings is 1. The van der Waals surface area contributed by atoms with Crippen LogP contribution in [-0.4, -0.2) is 40.2 Å². The minimum Gasteiger partial charge on any atom is -0.464 e. The van der Waals surface area contributed by atoms with Crippen molar-refractivity contribution in [1.29, 1.82) is 5.26 Å². The van der Waals surface area contributed by atoms with E-state index in [1.807, 2.05) is 42.5 Å². The summed E-state index contributed by atoms with van der Waals surface area (Å²) in [5.74, 6) is -0.0397. The van der Waals surface area contributed by atoms with Gasteiger partial charge in [-0.3, -0.25) is 4.98 Å². The van der Waals surface area contributed by atoms with E-state index in [1.165, 1.54) is 0 Å². The minimum absolute atomic E-state index is 0.0522. The van der Waals surface area contributed by atoms with Gasteiger partial charge in [0.2, 0.25) is 10.0 Å². The number of fused-ring (bicyclic) bond motifs is 1. The first-order valence-electron chi connectivity index (χ1n) is 11.2. The lowest BCUT2D eigenvalue weighted by molar-refractivity contribution is 0.132. The molecule has 2 aromatic rings. The molecule has 1 aliphatic heterocycles. The van der Waals surface area contributed by atoms with E-state index in [0.717, 1.165) is 29.7 Å². The van der Waals surface area contributed by atoms with Crippen molar-refractivity contribution < 1.29 is 18.3 Å². The lowest BCUT2D eigenvalue weighted by Gasteiger charge is -2.38. The van der Waals surface area contributed by atoms with E-state index in [4.69, 9.17) is 0 Å². The van der Waals surface area contributed by atoms with Gasteiger partial charge in [-0.15, -0.1) is 0 Å². The van der Waals surface area contributed by atoms with Crippen molar-refractivity contribution in [1.82, 2.24) is 9.29 Å². The van der Waals surface area contributed by atoms with Crippen LogP contribution in [0.1, 0.15) is 44.4 Å². The third-order valence-electron chi connectivity index (χ3n) is 7.17. The molecule has 4 rings (SSSR count). The molecule has 172 valence electrons. The zero-order chi connectivity index (χ0) is 23.8. The maximum Gasteiger partial charge on any atom is 0.421 e. The van der Waals surface area contributed by atoms with E-state index in [1.54, 1.807) is 19.2 Å². The molecule has 2 fully saturated rings. The molecule has 1 aromatic carbocycles. The van der Waals surface area contributed by atoms with Gasteiger partial charge in [-0.1, -0.05) is 43.7 Å². The molecular weight excluding hydrogens is 438 g/mol. The van der Waals surface area contributed by atoms with Gasteiger partial charge in [0.05, 0.1) is 28.6 Å². The van der Waals surface area contributed by atoms with Gasteiger partial charge in [-0.05, 0) is 49.8 Å². The molecule has 0 radical (unpaired) electrons. The predicted molar refractivity (Wildman–Crippen MR) is 125 cm³/mol. The Morgan fingerprint density at radius 2 is 2.03 bits per heavy atom. The summed E-state index contributed by atoms with van der Waals surface area (Å²) in [4.78, 5) is 16.2. The van der Waals surface area contributed by atoms with E-state index in [2.05, 4.69) is 18.0 Å². The van der Waals surface area contributed by atoms with Crippen molar-refractivity contribution in [3.8, 4) is 17.2 Å². The van der Waals surface area contributed by atoms with Crippen molar-refractivity contribution in [3.63, 3.8) is 0 Å². The maximum atomic E-state index is 12.9. The monoisotopic (exact) mass is 465 g/mol. The van der Waals surface area contributed by atoms with Crippen molar-refractivity contribution >= 4 is 22.2 Å². The lowest BCUT2D eigenvalue weighted by Crippen LogP contribution is -2.40. The smallest absolute Gasteiger partial charge is 0.421 e. The second kappa shape index (κ2) is 8.99. The Morgan fingerprint density at radius 3 is 2.67 bits per heavy atom. The summed E-state index contributed by atoms with van der Waals surface area (Å²) in [6.45, 7) is 3.80. The number of aromatic nitrogens is 1. The summed E-state index contributed by atoms with van der Waals surface area (Å²) in [6, 6.07) is 12.7. The Morgan fingerprint density at radius 1 is 1.27 bits per heavy atom. The number of carboxylic acid groups (broad SMARTS) is 1. The molecule has 5 unspecified atom stereocenters. The van der Waals surface area contributed by atoms with Gasteiger partial charge >= 0.3 is 6.09 Å². The molecule has 0 bridgehead atoms. The molecular formula is C25H27N3O4S. The highest BCUT2D eigenvalue weighted by atomic mass is 32.2. The summed E-state index contributed by atoms with van der Waals surface area (Å²) < 4.78 is 26.5. The number of nitrogens with zero attached hydrogens (tertiary/aromatic N) is 3. The lowest BCUT2D eigenvalue weighted by atomic mass is 9.68. The third kappa shape index (κ3) is 4.02. The number of nitriles is 1. The van der Waals surface area contributed by atoms with Gasteiger partial charge in [-0.2, -0.15) is 5.26 Å². The van der Waals surface area contributed by atoms with E-state index >= 15 is 0 Å². The minimum atomic E-state index is -3.87. The molecule has 2 aliphatic rings. The van der Waals surface area contributed by atoms with E-state index in [0.29, 0.717) is 16.3 Å². The molecule has 1 aromatic heterocycles. The van der Waals surface area contributed by atoms with Crippen LogP contribution >= 0.6 is 0 Å². The van der Waals surface area contributed by atoms with Crippen LogP contribution in [0.2, 0.25) is 0 Å². The number of amides is 1. The van der Waals surface area contributed by atoms with Crippen LogP contribution in [-0.2, 0) is 10.0 Å². The fourth-order valence-corrected chi connectivity index (χ4v) is 7.94. The second-order valence-electron chi connectivity index (χ2n) is 8.79. The Kier molecular flexibility index (Phi) is 6.26. The van der Waals surface area contributed by atoms with Crippen LogP contribution in [0.15, 0.2) is 48.7 Å². The molecule has 8 heteroatoms. The quantitative estimate of drug-likeness (QED) is 0.696. The fourth-order valence-electron chi connectivity index (χ4n) is 5.59. The standard InChI is InChI=1S/C25H27N3O4S/c1-3-17-9-13-23-24(16(2)28(25(29)30)33(23,31)32)22(17)12-11-20-10-8-19(15-27-20)21-7-5-4-6-18(21)14-26/h4-8,10-12,15-17,22-24H,3,9,13H2,1-2H3,(H,29,30)/b12-11+. The number of benzene rings is 1. The van der Waals surface area contributed by atoms with Crippen molar-refractivity contribution in [2.24, 2.45) is 17.8 Å². The first-order chi connectivity index (χ1) is 15.8. The largest absolute Gasteiger partial charge is 0.464 e. The number of sulfonamides is 1. The van der Waals surface area contributed by atoms with E-state index < -0.39 is 27.4 Å². The molecule has 1 N–H and O–H groups in total. The molecule has 33 heavy (non-hydrogen) atoms. The number of carbonyl (C=O) groups is 1. The zero-order valence-electron chi connectivity index (χ0n) is 18.6. The maximum absolute atomic E-state index is 12.9. The van der Waals surface area contributed by atoms with Gasteiger partial charge < -0.3 is 5.11 Å². The molecule has 2 heterocycles. The number of rotatable bonds is 4. The van der Waals surface area contributed by atoms with Crippen LogP contribution in [0.3, 0.4) is 0 Å². The Balaban J connectivity index is 1.62. The third-order valence-corrected chi connectivity index (χ3v) is 9.52. The van der Waals surface area contributed by atoms with Crippen molar-refractivity contribution in [2.75, 3.05) is 0 Å². The molecule has 0 spiro atoms.